The molecule has 2 aliphatic rings. The predicted molar refractivity (Wildman–Crippen MR) is 143 cm³/mol. The van der Waals surface area contributed by atoms with Gasteiger partial charge in [-0.15, -0.1) is 0 Å². The van der Waals surface area contributed by atoms with Gasteiger partial charge in [0.15, 0.2) is 0 Å². The molecule has 3 aromatic rings. The van der Waals surface area contributed by atoms with E-state index < -0.39 is 15.8 Å². The number of sulfone groups is 1. The average Bonchev–Trinajstić information content (AvgIpc) is 3.66. The lowest BCUT2D eigenvalue weighted by Gasteiger charge is -2.25. The standard InChI is InChI=1S/C29H31NO6S/c1-18-13-23(35-11-4-12-37(2,33)34)14-21-17-36-28-20(5-3-6-24(28)27(18)21)16-30-22-9-7-19(8-10-22)25-15-26(25)29(31)32/h3,5-10,13-14,25-26,30H,4,11-12,15-17H2,1-2H3,(H,31,32)/t25-,26+/m0/s1. The molecule has 5 rings (SSSR count). The van der Waals surface area contributed by atoms with Crippen molar-refractivity contribution in [2.75, 3.05) is 23.9 Å². The van der Waals surface area contributed by atoms with Gasteiger partial charge < -0.3 is 19.9 Å². The lowest BCUT2D eigenvalue weighted by molar-refractivity contribution is -0.138. The number of rotatable bonds is 10. The Balaban J connectivity index is 1.27. The minimum absolute atomic E-state index is 0.111. The number of carboxylic acid groups (broad SMARTS) is 1. The number of anilines is 1. The van der Waals surface area contributed by atoms with Gasteiger partial charge in [-0.05, 0) is 66.6 Å². The number of aliphatic carboxylic acids is 1. The average molecular weight is 522 g/mol. The number of carbonyl (C=O) groups is 1. The van der Waals surface area contributed by atoms with Crippen LogP contribution in [0.1, 0.15) is 41.0 Å². The number of aryl methyl sites for hydroxylation is 1. The maximum Gasteiger partial charge on any atom is 0.307 e. The number of benzene rings is 3. The molecule has 1 saturated carbocycles. The molecule has 0 unspecified atom stereocenters. The number of hydrogen-bond acceptors (Lipinski definition) is 6. The fourth-order valence-electron chi connectivity index (χ4n) is 5.04. The summed E-state index contributed by atoms with van der Waals surface area (Å²) in [7, 11) is -2.99. The van der Waals surface area contributed by atoms with Gasteiger partial charge in [0.1, 0.15) is 27.9 Å². The van der Waals surface area contributed by atoms with Gasteiger partial charge in [0.05, 0.1) is 18.3 Å². The predicted octanol–water partition coefficient (Wildman–Crippen LogP) is 5.17. The Morgan fingerprint density at radius 3 is 2.65 bits per heavy atom. The Bertz CT molecular complexity index is 1430. The summed E-state index contributed by atoms with van der Waals surface area (Å²) in [4.78, 5) is 11.1. The zero-order chi connectivity index (χ0) is 26.2. The summed E-state index contributed by atoms with van der Waals surface area (Å²) >= 11 is 0. The highest BCUT2D eigenvalue weighted by molar-refractivity contribution is 7.90. The first-order chi connectivity index (χ1) is 17.7. The number of hydrogen-bond donors (Lipinski definition) is 2. The molecule has 0 amide bonds. The maximum absolute atomic E-state index is 11.3. The third-order valence-corrected chi connectivity index (χ3v) is 8.02. The first-order valence-electron chi connectivity index (χ1n) is 12.5. The van der Waals surface area contributed by atoms with Crippen LogP contribution in [0.5, 0.6) is 11.5 Å². The SMILES string of the molecule is Cc1cc(OCCCS(C)(=O)=O)cc2c1-c1cccc(CNc3ccc([C@@H]4C[C@H]4C(=O)O)cc3)c1OC2. The molecule has 0 spiro atoms. The van der Waals surface area contributed by atoms with Gasteiger partial charge in [0.2, 0.25) is 0 Å². The first-order valence-corrected chi connectivity index (χ1v) is 14.5. The van der Waals surface area contributed by atoms with Gasteiger partial charge in [-0.25, -0.2) is 8.42 Å². The molecular formula is C29H31NO6S. The van der Waals surface area contributed by atoms with Crippen LogP contribution < -0.4 is 14.8 Å². The molecule has 0 bridgehead atoms. The van der Waals surface area contributed by atoms with Crippen LogP contribution in [0, 0.1) is 12.8 Å². The Hall–Kier alpha value is -3.52. The molecule has 8 heteroatoms. The molecule has 7 nitrogen and oxygen atoms in total. The van der Waals surface area contributed by atoms with Crippen LogP contribution in [-0.4, -0.2) is 38.1 Å². The van der Waals surface area contributed by atoms with Gasteiger partial charge in [0, 0.05) is 35.2 Å². The van der Waals surface area contributed by atoms with E-state index in [1.165, 1.54) is 6.26 Å². The Morgan fingerprint density at radius 2 is 1.95 bits per heavy atom. The van der Waals surface area contributed by atoms with Gasteiger partial charge in [-0.2, -0.15) is 0 Å². The van der Waals surface area contributed by atoms with Crippen molar-refractivity contribution in [1.29, 1.82) is 0 Å². The van der Waals surface area contributed by atoms with Crippen molar-refractivity contribution in [3.63, 3.8) is 0 Å². The van der Waals surface area contributed by atoms with E-state index in [1.54, 1.807) is 0 Å². The summed E-state index contributed by atoms with van der Waals surface area (Å²) in [5, 5.41) is 12.6. The third kappa shape index (κ3) is 5.74. The van der Waals surface area contributed by atoms with Gasteiger partial charge in [0.25, 0.3) is 0 Å². The fourth-order valence-corrected chi connectivity index (χ4v) is 5.68. The molecule has 2 atom stereocenters. The van der Waals surface area contributed by atoms with E-state index in [0.29, 0.717) is 32.6 Å². The molecule has 3 aromatic carbocycles. The lowest BCUT2D eigenvalue weighted by atomic mass is 9.91. The molecule has 1 heterocycles. The van der Waals surface area contributed by atoms with Crippen LogP contribution >= 0.6 is 0 Å². The Labute approximate surface area is 217 Å². The van der Waals surface area contributed by atoms with E-state index in [-0.39, 0.29) is 17.6 Å². The summed E-state index contributed by atoms with van der Waals surface area (Å²) in [6, 6.07) is 18.1. The summed E-state index contributed by atoms with van der Waals surface area (Å²) < 4.78 is 34.7. The maximum atomic E-state index is 11.3. The summed E-state index contributed by atoms with van der Waals surface area (Å²) in [6.45, 7) is 3.43. The summed E-state index contributed by atoms with van der Waals surface area (Å²) in [5.74, 6) is 0.861. The summed E-state index contributed by atoms with van der Waals surface area (Å²) in [5.41, 5.74) is 7.43. The Kier molecular flexibility index (Phi) is 6.86. The number of nitrogens with one attached hydrogen (secondary N) is 1. The number of carboxylic acids is 1. The normalized spacial score (nSPS) is 17.8. The van der Waals surface area contributed by atoms with Gasteiger partial charge >= 0.3 is 5.97 Å². The molecule has 0 radical (unpaired) electrons. The van der Waals surface area contributed by atoms with Crippen molar-refractivity contribution < 1.29 is 27.8 Å². The number of fused-ring (bicyclic) bond motifs is 3. The molecule has 1 aliphatic carbocycles. The number of ether oxygens (including phenoxy) is 2. The zero-order valence-corrected chi connectivity index (χ0v) is 21.8. The molecule has 0 saturated heterocycles. The van der Waals surface area contributed by atoms with E-state index in [9.17, 15) is 13.2 Å². The molecule has 1 fully saturated rings. The smallest absolute Gasteiger partial charge is 0.307 e. The molecule has 1 aliphatic heterocycles. The van der Waals surface area contributed by atoms with E-state index >= 15 is 0 Å². The second-order valence-electron chi connectivity index (χ2n) is 9.95. The molecule has 0 aromatic heterocycles. The highest BCUT2D eigenvalue weighted by Gasteiger charge is 2.44. The van der Waals surface area contributed by atoms with E-state index in [4.69, 9.17) is 14.6 Å². The first kappa shape index (κ1) is 25.1. The largest absolute Gasteiger partial charge is 0.494 e. The van der Waals surface area contributed by atoms with Crippen molar-refractivity contribution in [1.82, 2.24) is 0 Å². The van der Waals surface area contributed by atoms with Crippen molar-refractivity contribution in [2.24, 2.45) is 5.92 Å². The highest BCUT2D eigenvalue weighted by atomic mass is 32.2. The molecule has 194 valence electrons. The molecular weight excluding hydrogens is 490 g/mol. The van der Waals surface area contributed by atoms with Crippen LogP contribution in [0.4, 0.5) is 5.69 Å². The van der Waals surface area contributed by atoms with Crippen LogP contribution in [0.15, 0.2) is 54.6 Å². The summed E-state index contributed by atoms with van der Waals surface area (Å²) in [6.07, 6.45) is 2.40. The van der Waals surface area contributed by atoms with Crippen molar-refractivity contribution >= 4 is 21.5 Å². The minimum Gasteiger partial charge on any atom is -0.494 e. The van der Waals surface area contributed by atoms with Crippen molar-refractivity contribution in [3.8, 4) is 22.6 Å². The van der Waals surface area contributed by atoms with E-state index in [0.717, 1.165) is 50.6 Å². The quantitative estimate of drug-likeness (QED) is 0.355. The third-order valence-electron chi connectivity index (χ3n) is 6.99. The van der Waals surface area contributed by atoms with Crippen LogP contribution in [0.2, 0.25) is 0 Å². The van der Waals surface area contributed by atoms with Crippen molar-refractivity contribution in [2.45, 2.75) is 38.8 Å². The van der Waals surface area contributed by atoms with Crippen molar-refractivity contribution in [3.05, 3.63) is 76.9 Å². The fraction of sp³-hybridized carbons (Fsp3) is 0.345. The van der Waals surface area contributed by atoms with Crippen LogP contribution in [0.25, 0.3) is 11.1 Å². The van der Waals surface area contributed by atoms with E-state index in [1.807, 2.05) is 42.5 Å². The lowest BCUT2D eigenvalue weighted by Crippen LogP contribution is -2.12. The minimum atomic E-state index is -2.99. The second kappa shape index (κ2) is 10.1. The topological polar surface area (TPSA) is 102 Å². The highest BCUT2D eigenvalue weighted by Crippen LogP contribution is 2.48. The molecule has 37 heavy (non-hydrogen) atoms. The zero-order valence-electron chi connectivity index (χ0n) is 21.0. The van der Waals surface area contributed by atoms with E-state index in [2.05, 4.69) is 24.4 Å². The Morgan fingerprint density at radius 1 is 1.16 bits per heavy atom. The van der Waals surface area contributed by atoms with Gasteiger partial charge in [-0.1, -0.05) is 30.3 Å². The monoisotopic (exact) mass is 521 g/mol. The van der Waals surface area contributed by atoms with Gasteiger partial charge in [-0.3, -0.25) is 4.79 Å². The molecule has 2 N–H and O–H groups in total. The van der Waals surface area contributed by atoms with Crippen LogP contribution in [-0.2, 0) is 27.8 Å². The van der Waals surface area contributed by atoms with Crippen LogP contribution in [0.3, 0.4) is 0 Å². The second-order valence-corrected chi connectivity index (χ2v) is 12.2. The number of para-hydroxylation sites is 1.